The van der Waals surface area contributed by atoms with Crippen LogP contribution in [0.2, 0.25) is 0 Å². The number of aliphatic hydroxyl groups excluding tert-OH is 2. The van der Waals surface area contributed by atoms with Crippen LogP contribution in [0.1, 0.15) is 34.8 Å². The Morgan fingerprint density at radius 3 is 2.87 bits per heavy atom. The van der Waals surface area contributed by atoms with Crippen LogP contribution in [0.4, 0.5) is 18.9 Å². The zero-order valence-electron chi connectivity index (χ0n) is 16.4. The molecule has 0 spiro atoms. The van der Waals surface area contributed by atoms with Crippen molar-refractivity contribution >= 4 is 17.1 Å². The van der Waals surface area contributed by atoms with Gasteiger partial charge in [0.1, 0.15) is 17.2 Å². The molecule has 10 heteroatoms. The van der Waals surface area contributed by atoms with Crippen LogP contribution in [-0.4, -0.2) is 51.5 Å². The topological polar surface area (TPSA) is 90.1 Å². The Kier molecular flexibility index (Phi) is 5.84. The van der Waals surface area contributed by atoms with E-state index in [9.17, 15) is 18.7 Å². The number of aromatic nitrogens is 2. The van der Waals surface area contributed by atoms with Crippen molar-refractivity contribution in [3.05, 3.63) is 65.2 Å². The van der Waals surface area contributed by atoms with E-state index in [2.05, 4.69) is 10.4 Å². The summed E-state index contributed by atoms with van der Waals surface area (Å²) in [5.41, 5.74) is 0.195. The minimum atomic E-state index is -1.14. The zero-order chi connectivity index (χ0) is 22.1. The summed E-state index contributed by atoms with van der Waals surface area (Å²) in [6, 6.07) is 4.16. The molecule has 2 unspecified atom stereocenters. The van der Waals surface area contributed by atoms with E-state index >= 15 is 4.39 Å². The van der Waals surface area contributed by atoms with Crippen molar-refractivity contribution in [2.24, 2.45) is 0 Å². The molecule has 2 atom stereocenters. The van der Waals surface area contributed by atoms with E-state index in [0.717, 1.165) is 18.2 Å². The maximum absolute atomic E-state index is 15.6. The second-order valence-electron chi connectivity index (χ2n) is 7.43. The number of nitrogens with zero attached hydrogens (tertiary/aromatic N) is 3. The van der Waals surface area contributed by atoms with Crippen LogP contribution in [0, 0.1) is 17.5 Å². The Morgan fingerprint density at radius 1 is 1.29 bits per heavy atom. The SMILES string of the molecule is O=C(NCC(O)CO)c1cnn2ccc(N3CCCC3c3cc(F)ccc3F)c(F)c12. The lowest BCUT2D eigenvalue weighted by Gasteiger charge is -2.28. The molecule has 31 heavy (non-hydrogen) atoms. The molecule has 7 nitrogen and oxygen atoms in total. The number of nitrogens with one attached hydrogen (secondary N) is 1. The number of fused-ring (bicyclic) bond motifs is 1. The molecule has 1 saturated heterocycles. The van der Waals surface area contributed by atoms with Gasteiger partial charge in [-0.3, -0.25) is 4.79 Å². The average molecular weight is 434 g/mol. The van der Waals surface area contributed by atoms with Gasteiger partial charge in [-0.1, -0.05) is 0 Å². The van der Waals surface area contributed by atoms with Crippen LogP contribution >= 0.6 is 0 Å². The third-order valence-corrected chi connectivity index (χ3v) is 5.43. The first-order valence-electron chi connectivity index (χ1n) is 9.85. The van der Waals surface area contributed by atoms with Gasteiger partial charge in [-0.25, -0.2) is 17.7 Å². The first-order chi connectivity index (χ1) is 14.9. The lowest BCUT2D eigenvalue weighted by atomic mass is 10.0. The Balaban J connectivity index is 1.70. The van der Waals surface area contributed by atoms with Crippen LogP contribution in [0.25, 0.3) is 5.52 Å². The first-order valence-corrected chi connectivity index (χ1v) is 9.85. The molecule has 1 amide bonds. The number of halogens is 3. The van der Waals surface area contributed by atoms with E-state index in [-0.39, 0.29) is 28.9 Å². The van der Waals surface area contributed by atoms with Crippen molar-refractivity contribution in [2.45, 2.75) is 25.0 Å². The summed E-state index contributed by atoms with van der Waals surface area (Å²) in [5, 5.41) is 24.7. The van der Waals surface area contributed by atoms with Gasteiger partial charge < -0.3 is 20.4 Å². The van der Waals surface area contributed by atoms with Gasteiger partial charge in [-0.15, -0.1) is 0 Å². The Hall–Kier alpha value is -3.11. The number of hydrogen-bond acceptors (Lipinski definition) is 5. The fourth-order valence-electron chi connectivity index (χ4n) is 3.94. The van der Waals surface area contributed by atoms with E-state index in [0.29, 0.717) is 19.4 Å². The maximum Gasteiger partial charge on any atom is 0.255 e. The minimum absolute atomic E-state index is 0.0443. The summed E-state index contributed by atoms with van der Waals surface area (Å²) in [7, 11) is 0. The summed E-state index contributed by atoms with van der Waals surface area (Å²) in [6.45, 7) is -0.298. The van der Waals surface area contributed by atoms with Crippen LogP contribution < -0.4 is 10.2 Å². The van der Waals surface area contributed by atoms with Crippen molar-refractivity contribution in [3.8, 4) is 0 Å². The highest BCUT2D eigenvalue weighted by molar-refractivity contribution is 6.01. The molecule has 1 fully saturated rings. The molecular formula is C21H21F3N4O3. The number of amides is 1. The van der Waals surface area contributed by atoms with Crippen molar-refractivity contribution < 1.29 is 28.2 Å². The molecule has 1 aromatic carbocycles. The third-order valence-electron chi connectivity index (χ3n) is 5.43. The van der Waals surface area contributed by atoms with Crippen LogP contribution in [0.5, 0.6) is 0 Å². The van der Waals surface area contributed by atoms with Gasteiger partial charge in [0, 0.05) is 24.8 Å². The summed E-state index contributed by atoms with van der Waals surface area (Å²) < 4.78 is 44.9. The lowest BCUT2D eigenvalue weighted by molar-refractivity contribution is 0.0803. The zero-order valence-corrected chi connectivity index (χ0v) is 16.4. The van der Waals surface area contributed by atoms with Gasteiger partial charge in [-0.2, -0.15) is 5.10 Å². The second-order valence-corrected chi connectivity index (χ2v) is 7.43. The molecule has 4 rings (SSSR count). The molecule has 0 saturated carbocycles. The molecule has 3 heterocycles. The molecule has 0 radical (unpaired) electrons. The fraction of sp³-hybridized carbons (Fsp3) is 0.333. The number of hydrogen-bond donors (Lipinski definition) is 3. The highest BCUT2D eigenvalue weighted by atomic mass is 19.1. The smallest absolute Gasteiger partial charge is 0.255 e. The summed E-state index contributed by atoms with van der Waals surface area (Å²) in [4.78, 5) is 14.1. The number of benzene rings is 1. The van der Waals surface area contributed by atoms with Crippen molar-refractivity contribution in [2.75, 3.05) is 24.6 Å². The maximum atomic E-state index is 15.6. The normalized spacial score (nSPS) is 17.3. The molecule has 1 aliphatic heterocycles. The molecule has 0 bridgehead atoms. The van der Waals surface area contributed by atoms with Crippen LogP contribution in [0.3, 0.4) is 0 Å². The van der Waals surface area contributed by atoms with E-state index in [1.807, 2.05) is 0 Å². The van der Waals surface area contributed by atoms with Gasteiger partial charge in [0.25, 0.3) is 5.91 Å². The van der Waals surface area contributed by atoms with E-state index < -0.39 is 42.1 Å². The Labute approximate surface area is 175 Å². The standard InChI is InChI=1S/C21H21F3N4O3/c22-12-3-4-16(23)14(8-12)17-2-1-6-27(17)18-5-7-28-20(19(18)24)15(10-26-28)21(31)25-9-13(30)11-29/h3-5,7-8,10,13,17,29-30H,1-2,6,9,11H2,(H,25,31). The van der Waals surface area contributed by atoms with Crippen LogP contribution in [-0.2, 0) is 0 Å². The Morgan fingerprint density at radius 2 is 2.10 bits per heavy atom. The molecular weight excluding hydrogens is 413 g/mol. The van der Waals surface area contributed by atoms with E-state index in [1.165, 1.54) is 23.0 Å². The van der Waals surface area contributed by atoms with E-state index in [4.69, 9.17) is 5.11 Å². The van der Waals surface area contributed by atoms with Gasteiger partial charge in [0.05, 0.1) is 36.2 Å². The number of carbonyl (C=O) groups is 1. The quantitative estimate of drug-likeness (QED) is 0.553. The molecule has 2 aromatic heterocycles. The van der Waals surface area contributed by atoms with Gasteiger partial charge in [0.15, 0.2) is 5.82 Å². The van der Waals surface area contributed by atoms with Crippen molar-refractivity contribution in [3.63, 3.8) is 0 Å². The number of anilines is 1. The monoisotopic (exact) mass is 434 g/mol. The molecule has 1 aliphatic rings. The molecule has 0 aliphatic carbocycles. The largest absolute Gasteiger partial charge is 0.394 e. The second kappa shape index (κ2) is 8.56. The van der Waals surface area contributed by atoms with E-state index in [1.54, 1.807) is 4.90 Å². The summed E-state index contributed by atoms with van der Waals surface area (Å²) in [5.74, 6) is -2.50. The van der Waals surface area contributed by atoms with Crippen molar-refractivity contribution in [1.29, 1.82) is 0 Å². The van der Waals surface area contributed by atoms with Gasteiger partial charge >= 0.3 is 0 Å². The molecule has 3 aromatic rings. The lowest BCUT2D eigenvalue weighted by Crippen LogP contribution is -2.33. The predicted octanol–water partition coefficient (Wildman–Crippen LogP) is 2.18. The number of pyridine rings is 1. The number of carbonyl (C=O) groups excluding carboxylic acids is 1. The average Bonchev–Trinajstić information content (AvgIpc) is 3.41. The van der Waals surface area contributed by atoms with Gasteiger partial charge in [0.2, 0.25) is 0 Å². The Bertz CT molecular complexity index is 1120. The summed E-state index contributed by atoms with van der Waals surface area (Å²) >= 11 is 0. The summed E-state index contributed by atoms with van der Waals surface area (Å²) in [6.07, 6.45) is 2.74. The molecule has 3 N–H and O–H groups in total. The predicted molar refractivity (Wildman–Crippen MR) is 106 cm³/mol. The highest BCUT2D eigenvalue weighted by Gasteiger charge is 2.32. The van der Waals surface area contributed by atoms with Crippen molar-refractivity contribution in [1.82, 2.24) is 14.9 Å². The third kappa shape index (κ3) is 3.96. The fourth-order valence-corrected chi connectivity index (χ4v) is 3.94. The van der Waals surface area contributed by atoms with Gasteiger partial charge in [-0.05, 0) is 37.1 Å². The first kappa shape index (κ1) is 21.1. The molecule has 164 valence electrons. The highest BCUT2D eigenvalue weighted by Crippen LogP contribution is 2.39. The number of aliphatic hydroxyl groups is 2. The van der Waals surface area contributed by atoms with Crippen LogP contribution in [0.15, 0.2) is 36.7 Å². The number of rotatable bonds is 6. The minimum Gasteiger partial charge on any atom is -0.394 e.